The number of aryl methyl sites for hydroxylation is 1. The zero-order chi connectivity index (χ0) is 26.7. The number of hydrogen-bond acceptors (Lipinski definition) is 6. The van der Waals surface area contributed by atoms with Crippen LogP contribution in [0.5, 0.6) is 17.4 Å². The number of aromatic nitrogens is 3. The molecule has 0 saturated heterocycles. The highest BCUT2D eigenvalue weighted by Crippen LogP contribution is 2.31. The normalized spacial score (nSPS) is 11.4. The van der Waals surface area contributed by atoms with Crippen LogP contribution in [0.1, 0.15) is 22.3 Å². The average Bonchev–Trinajstić information content (AvgIpc) is 3.27. The molecule has 0 bridgehead atoms. The first-order chi connectivity index (χ1) is 17.6. The minimum atomic E-state index is -4.35. The molecular weight excluding hydrogens is 494 g/mol. The van der Waals surface area contributed by atoms with Gasteiger partial charge in [0.25, 0.3) is 5.91 Å². The Morgan fingerprint density at radius 3 is 2.57 bits per heavy atom. The van der Waals surface area contributed by atoms with Crippen molar-refractivity contribution in [3.05, 3.63) is 65.6 Å². The van der Waals surface area contributed by atoms with Gasteiger partial charge in [-0.1, -0.05) is 6.07 Å². The number of methoxy groups -OCH3 is 1. The Labute approximate surface area is 209 Å². The van der Waals surface area contributed by atoms with E-state index in [1.165, 1.54) is 43.1 Å². The highest BCUT2D eigenvalue weighted by atomic mass is 19.4. The topological polar surface area (TPSA) is 89.8 Å². The van der Waals surface area contributed by atoms with Crippen molar-refractivity contribution in [2.24, 2.45) is 0 Å². The number of nitrogens with zero attached hydrogens (tertiary/aromatic N) is 3. The summed E-state index contributed by atoms with van der Waals surface area (Å²) in [6.45, 7) is 1.38. The van der Waals surface area contributed by atoms with Gasteiger partial charge in [0.1, 0.15) is 5.75 Å². The fourth-order valence-corrected chi connectivity index (χ4v) is 3.71. The Kier molecular flexibility index (Phi) is 7.18. The number of imidazole rings is 1. The molecule has 0 radical (unpaired) electrons. The minimum absolute atomic E-state index is 0.00970. The summed E-state index contributed by atoms with van der Waals surface area (Å²) in [5, 5.41) is 9.75. The number of halogens is 4. The quantitative estimate of drug-likeness (QED) is 0.306. The van der Waals surface area contributed by atoms with E-state index >= 15 is 0 Å². The number of carbonyl (C=O) groups is 1. The first kappa shape index (κ1) is 25.7. The van der Waals surface area contributed by atoms with E-state index in [4.69, 9.17) is 9.47 Å². The zero-order valence-electron chi connectivity index (χ0n) is 20.1. The van der Waals surface area contributed by atoms with Crippen LogP contribution in [-0.2, 0) is 0 Å². The largest absolute Gasteiger partial charge is 0.494 e. The van der Waals surface area contributed by atoms with E-state index in [1.807, 2.05) is 0 Å². The summed E-state index contributed by atoms with van der Waals surface area (Å²) in [4.78, 5) is 16.4. The van der Waals surface area contributed by atoms with E-state index in [0.29, 0.717) is 22.4 Å². The summed E-state index contributed by atoms with van der Waals surface area (Å²) in [6, 6.07) is 10.5. The van der Waals surface area contributed by atoms with Gasteiger partial charge in [0.15, 0.2) is 17.2 Å². The van der Waals surface area contributed by atoms with E-state index in [-0.39, 0.29) is 34.6 Å². The van der Waals surface area contributed by atoms with E-state index < -0.39 is 25.0 Å². The minimum Gasteiger partial charge on any atom is -0.494 e. The Morgan fingerprint density at radius 2 is 1.92 bits per heavy atom. The van der Waals surface area contributed by atoms with Gasteiger partial charge < -0.3 is 20.1 Å². The molecule has 2 aromatic heterocycles. The highest BCUT2D eigenvalue weighted by molar-refractivity contribution is 5.96. The van der Waals surface area contributed by atoms with Crippen molar-refractivity contribution in [1.82, 2.24) is 19.9 Å². The summed E-state index contributed by atoms with van der Waals surface area (Å²) in [7, 11) is 2.87. The summed E-state index contributed by atoms with van der Waals surface area (Å²) < 4.78 is 64.5. The van der Waals surface area contributed by atoms with Crippen LogP contribution in [0.2, 0.25) is 0 Å². The maximum Gasteiger partial charge on any atom is 0.390 e. The predicted molar refractivity (Wildman–Crippen MR) is 129 cm³/mol. The number of benzene rings is 2. The second-order valence-electron chi connectivity index (χ2n) is 8.07. The molecule has 37 heavy (non-hydrogen) atoms. The van der Waals surface area contributed by atoms with E-state index in [2.05, 4.69) is 20.7 Å². The standard InChI is InChI=1S/C25H23F4N5O3/c1-14-10-15(4-6-17(14)24(35)30-2)20-13-32-23-19(31-9-8-25(27,28)29)12-22(33-34(20)23)37-16-5-7-21(36-3)18(26)11-16/h4-7,10-13,31H,8-9H2,1-3H3,(H,30,35). The Morgan fingerprint density at radius 1 is 1.14 bits per heavy atom. The molecule has 2 aromatic carbocycles. The van der Waals surface area contributed by atoms with E-state index in [9.17, 15) is 22.4 Å². The summed E-state index contributed by atoms with van der Waals surface area (Å²) in [6.07, 6.45) is -3.89. The maximum absolute atomic E-state index is 14.2. The molecule has 0 aliphatic carbocycles. The van der Waals surface area contributed by atoms with Crippen molar-refractivity contribution in [1.29, 1.82) is 0 Å². The van der Waals surface area contributed by atoms with Gasteiger partial charge in [0.2, 0.25) is 5.88 Å². The number of hydrogen-bond donors (Lipinski definition) is 2. The van der Waals surface area contributed by atoms with Crippen LogP contribution in [0.25, 0.3) is 16.9 Å². The molecule has 2 heterocycles. The lowest BCUT2D eigenvalue weighted by atomic mass is 10.0. The van der Waals surface area contributed by atoms with Gasteiger partial charge in [0, 0.05) is 36.9 Å². The molecule has 0 spiro atoms. The number of ether oxygens (including phenoxy) is 2. The second kappa shape index (κ2) is 10.3. The smallest absolute Gasteiger partial charge is 0.390 e. The maximum atomic E-state index is 14.2. The monoisotopic (exact) mass is 517 g/mol. The van der Waals surface area contributed by atoms with Gasteiger partial charge in [-0.05, 0) is 36.8 Å². The van der Waals surface area contributed by atoms with Gasteiger partial charge in [-0.2, -0.15) is 13.2 Å². The van der Waals surface area contributed by atoms with E-state index in [0.717, 1.165) is 6.07 Å². The first-order valence-corrected chi connectivity index (χ1v) is 11.1. The second-order valence-corrected chi connectivity index (χ2v) is 8.07. The lowest BCUT2D eigenvalue weighted by molar-refractivity contribution is -0.131. The molecule has 0 atom stereocenters. The van der Waals surface area contributed by atoms with Crippen molar-refractivity contribution in [3.8, 4) is 28.6 Å². The fraction of sp³-hybridized carbons (Fsp3) is 0.240. The number of nitrogens with one attached hydrogen (secondary N) is 2. The van der Waals surface area contributed by atoms with Crippen LogP contribution in [0.15, 0.2) is 48.7 Å². The molecule has 0 aliphatic rings. The van der Waals surface area contributed by atoms with Gasteiger partial charge in [-0.25, -0.2) is 13.9 Å². The average molecular weight is 517 g/mol. The zero-order valence-corrected chi connectivity index (χ0v) is 20.1. The molecule has 4 aromatic rings. The fourth-order valence-electron chi connectivity index (χ4n) is 3.71. The third kappa shape index (κ3) is 5.74. The van der Waals surface area contributed by atoms with Crippen molar-refractivity contribution in [2.75, 3.05) is 26.0 Å². The van der Waals surface area contributed by atoms with Crippen molar-refractivity contribution in [3.63, 3.8) is 0 Å². The van der Waals surface area contributed by atoms with Crippen LogP contribution < -0.4 is 20.1 Å². The molecule has 194 valence electrons. The number of anilines is 1. The number of carbonyl (C=O) groups excluding carboxylic acids is 1. The SMILES string of the molecule is CNC(=O)c1ccc(-c2cnc3c(NCCC(F)(F)F)cc(Oc4ccc(OC)c(F)c4)nn23)cc1C. The summed E-state index contributed by atoms with van der Waals surface area (Å²) in [5.41, 5.74) is 2.88. The number of fused-ring (bicyclic) bond motifs is 1. The summed E-state index contributed by atoms with van der Waals surface area (Å²) >= 11 is 0. The molecule has 4 rings (SSSR count). The number of alkyl halides is 3. The van der Waals surface area contributed by atoms with Gasteiger partial charge in [-0.15, -0.1) is 5.10 Å². The van der Waals surface area contributed by atoms with Crippen LogP contribution in [0, 0.1) is 12.7 Å². The molecular formula is C25H23F4N5O3. The molecule has 1 amide bonds. The third-order valence-electron chi connectivity index (χ3n) is 5.51. The van der Waals surface area contributed by atoms with Crippen molar-refractivity contribution < 1.29 is 31.8 Å². The van der Waals surface area contributed by atoms with Gasteiger partial charge in [0.05, 0.1) is 31.1 Å². The Bertz CT molecular complexity index is 1450. The molecule has 0 unspecified atom stereocenters. The summed E-state index contributed by atoms with van der Waals surface area (Å²) in [5.74, 6) is -0.764. The van der Waals surface area contributed by atoms with Crippen LogP contribution in [-0.4, -0.2) is 47.4 Å². The number of amides is 1. The van der Waals surface area contributed by atoms with Crippen molar-refractivity contribution in [2.45, 2.75) is 19.5 Å². The van der Waals surface area contributed by atoms with Crippen LogP contribution >= 0.6 is 0 Å². The Hall–Kier alpha value is -4.35. The molecule has 0 aliphatic heterocycles. The van der Waals surface area contributed by atoms with E-state index in [1.54, 1.807) is 25.1 Å². The first-order valence-electron chi connectivity index (χ1n) is 11.1. The molecule has 12 heteroatoms. The Balaban J connectivity index is 1.76. The molecule has 0 saturated carbocycles. The predicted octanol–water partition coefficient (Wildman–Crippen LogP) is 5.37. The molecule has 8 nitrogen and oxygen atoms in total. The highest BCUT2D eigenvalue weighted by Gasteiger charge is 2.26. The lowest BCUT2D eigenvalue weighted by Gasteiger charge is -2.13. The van der Waals surface area contributed by atoms with Crippen molar-refractivity contribution >= 4 is 17.2 Å². The number of rotatable bonds is 8. The molecule has 0 fully saturated rings. The molecule has 2 N–H and O–H groups in total. The van der Waals surface area contributed by atoms with Gasteiger partial charge >= 0.3 is 6.18 Å². The third-order valence-corrected chi connectivity index (χ3v) is 5.51. The van der Waals surface area contributed by atoms with Crippen LogP contribution in [0.3, 0.4) is 0 Å². The lowest BCUT2D eigenvalue weighted by Crippen LogP contribution is -2.18. The van der Waals surface area contributed by atoms with Crippen LogP contribution in [0.4, 0.5) is 23.2 Å². The van der Waals surface area contributed by atoms with Gasteiger partial charge in [-0.3, -0.25) is 4.79 Å².